The number of ether oxygens (including phenoxy) is 1. The molecule has 0 atom stereocenters. The van der Waals surface area contributed by atoms with Gasteiger partial charge in [-0.15, -0.1) is 0 Å². The van der Waals surface area contributed by atoms with Gasteiger partial charge in [0.2, 0.25) is 0 Å². The maximum Gasteiger partial charge on any atom is 0.351 e. The Kier molecular flexibility index (Phi) is 2.00. The van der Waals surface area contributed by atoms with Crippen molar-refractivity contribution in [3.05, 3.63) is 45.5 Å². The zero-order valence-corrected chi connectivity index (χ0v) is 7.89. The summed E-state index contributed by atoms with van der Waals surface area (Å²) in [6, 6.07) is 4.45. The van der Waals surface area contributed by atoms with Crippen molar-refractivity contribution in [3.63, 3.8) is 0 Å². The maximum absolute atomic E-state index is 11.4. The van der Waals surface area contributed by atoms with Crippen LogP contribution in [0.15, 0.2) is 24.3 Å². The second-order valence-corrected chi connectivity index (χ2v) is 3.00. The molecule has 1 heterocycles. The molecule has 2 rings (SSSR count). The molecular formula is C10H7NO4. The normalized spacial score (nSPS) is 16.3. The van der Waals surface area contributed by atoms with Crippen molar-refractivity contribution in [1.29, 1.82) is 0 Å². The van der Waals surface area contributed by atoms with E-state index in [0.29, 0.717) is 11.3 Å². The Bertz CT molecular complexity index is 490. The first kappa shape index (κ1) is 9.39. The van der Waals surface area contributed by atoms with Crippen LogP contribution < -0.4 is 0 Å². The molecule has 76 valence electrons. The van der Waals surface area contributed by atoms with Crippen LogP contribution in [0, 0.1) is 10.1 Å². The fourth-order valence-corrected chi connectivity index (χ4v) is 1.53. The molecular weight excluding hydrogens is 198 g/mol. The third-order valence-electron chi connectivity index (χ3n) is 2.17. The van der Waals surface area contributed by atoms with E-state index in [1.54, 1.807) is 19.1 Å². The summed E-state index contributed by atoms with van der Waals surface area (Å²) in [5.74, 6) is -0.288. The van der Waals surface area contributed by atoms with E-state index < -0.39 is 10.9 Å². The van der Waals surface area contributed by atoms with Crippen molar-refractivity contribution in [1.82, 2.24) is 0 Å². The fourth-order valence-electron chi connectivity index (χ4n) is 1.53. The second-order valence-electron chi connectivity index (χ2n) is 3.00. The molecule has 1 aliphatic heterocycles. The number of benzene rings is 1. The predicted molar refractivity (Wildman–Crippen MR) is 52.2 cm³/mol. The van der Waals surface area contributed by atoms with E-state index in [1.807, 2.05) is 0 Å². The molecule has 15 heavy (non-hydrogen) atoms. The molecule has 0 unspecified atom stereocenters. The number of nitro groups is 1. The summed E-state index contributed by atoms with van der Waals surface area (Å²) in [6.07, 6.45) is 1.60. The minimum Gasteiger partial charge on any atom is -0.422 e. The number of rotatable bonds is 1. The van der Waals surface area contributed by atoms with Crippen molar-refractivity contribution in [2.45, 2.75) is 6.92 Å². The van der Waals surface area contributed by atoms with Gasteiger partial charge < -0.3 is 4.74 Å². The molecule has 0 saturated carbocycles. The average Bonchev–Trinajstić information content (AvgIpc) is 2.55. The summed E-state index contributed by atoms with van der Waals surface area (Å²) in [7, 11) is 0. The lowest BCUT2D eigenvalue weighted by Gasteiger charge is -1.95. The Labute approximate surface area is 85.1 Å². The molecule has 0 aromatic heterocycles. The van der Waals surface area contributed by atoms with Crippen LogP contribution in [-0.4, -0.2) is 10.9 Å². The molecule has 0 radical (unpaired) electrons. The van der Waals surface area contributed by atoms with Gasteiger partial charge in [0.1, 0.15) is 11.3 Å². The van der Waals surface area contributed by atoms with E-state index in [4.69, 9.17) is 4.74 Å². The average molecular weight is 205 g/mol. The maximum atomic E-state index is 11.4. The molecule has 0 amide bonds. The topological polar surface area (TPSA) is 69.4 Å². The fraction of sp³-hybridized carbons (Fsp3) is 0.100. The van der Waals surface area contributed by atoms with Gasteiger partial charge in [0, 0.05) is 11.6 Å². The van der Waals surface area contributed by atoms with Crippen molar-refractivity contribution in [3.8, 4) is 0 Å². The number of nitrogens with zero attached hydrogens (tertiary/aromatic N) is 1. The molecule has 0 saturated heterocycles. The smallest absolute Gasteiger partial charge is 0.351 e. The van der Waals surface area contributed by atoms with Crippen LogP contribution in [0.1, 0.15) is 22.8 Å². The number of esters is 1. The van der Waals surface area contributed by atoms with Gasteiger partial charge in [0.05, 0.1) is 4.92 Å². The third-order valence-corrected chi connectivity index (χ3v) is 2.17. The van der Waals surface area contributed by atoms with E-state index in [9.17, 15) is 14.9 Å². The zero-order chi connectivity index (χ0) is 11.0. The first-order chi connectivity index (χ1) is 7.15. The summed E-state index contributed by atoms with van der Waals surface area (Å²) in [5, 5.41) is 10.7. The third kappa shape index (κ3) is 1.28. The van der Waals surface area contributed by atoms with E-state index in [1.165, 1.54) is 12.1 Å². The van der Waals surface area contributed by atoms with Crippen molar-refractivity contribution >= 4 is 17.4 Å². The number of cyclic esters (lactones) is 1. The molecule has 0 aliphatic carbocycles. The molecule has 1 aromatic carbocycles. The van der Waals surface area contributed by atoms with Crippen LogP contribution >= 0.6 is 0 Å². The molecule has 0 N–H and O–H groups in total. The van der Waals surface area contributed by atoms with Gasteiger partial charge in [-0.2, -0.15) is 0 Å². The van der Waals surface area contributed by atoms with Crippen molar-refractivity contribution in [2.75, 3.05) is 0 Å². The number of hydrogen-bond donors (Lipinski definition) is 0. The van der Waals surface area contributed by atoms with Crippen LogP contribution in [0.4, 0.5) is 5.69 Å². The summed E-state index contributed by atoms with van der Waals surface area (Å²) < 4.78 is 4.89. The Morgan fingerprint density at radius 3 is 2.80 bits per heavy atom. The van der Waals surface area contributed by atoms with Gasteiger partial charge in [0.15, 0.2) is 0 Å². The van der Waals surface area contributed by atoms with E-state index in [-0.39, 0.29) is 11.3 Å². The van der Waals surface area contributed by atoms with Gasteiger partial charge in [0.25, 0.3) is 5.69 Å². The molecule has 0 bridgehead atoms. The number of allylic oxidation sites excluding steroid dienone is 1. The minimum atomic E-state index is -0.662. The van der Waals surface area contributed by atoms with Crippen LogP contribution in [0.25, 0.3) is 5.76 Å². The minimum absolute atomic E-state index is 0.0376. The largest absolute Gasteiger partial charge is 0.422 e. The monoisotopic (exact) mass is 205 g/mol. The van der Waals surface area contributed by atoms with Crippen LogP contribution in [0.5, 0.6) is 0 Å². The highest BCUT2D eigenvalue weighted by Gasteiger charge is 2.33. The number of fused-ring (bicyclic) bond motifs is 1. The standard InChI is InChI=1S/C10H7NO4/c1-2-8-6-4-3-5-7(11(13)14)9(6)10(12)15-8/h2-5H,1H3/b8-2-. The van der Waals surface area contributed by atoms with Gasteiger partial charge in [-0.05, 0) is 19.1 Å². The second kappa shape index (κ2) is 3.20. The Morgan fingerprint density at radius 2 is 2.20 bits per heavy atom. The van der Waals surface area contributed by atoms with Gasteiger partial charge in [-0.1, -0.05) is 6.07 Å². The highest BCUT2D eigenvalue weighted by molar-refractivity contribution is 6.06. The first-order valence-electron chi connectivity index (χ1n) is 4.31. The number of hydrogen-bond acceptors (Lipinski definition) is 4. The molecule has 1 aliphatic rings. The molecule has 1 aromatic rings. The van der Waals surface area contributed by atoms with Crippen LogP contribution in [0.3, 0.4) is 0 Å². The molecule has 5 heteroatoms. The molecule has 5 nitrogen and oxygen atoms in total. The Morgan fingerprint density at radius 1 is 1.47 bits per heavy atom. The number of carbonyl (C=O) groups excluding carboxylic acids is 1. The number of nitro benzene ring substituents is 1. The molecule has 0 fully saturated rings. The lowest BCUT2D eigenvalue weighted by atomic mass is 10.1. The SMILES string of the molecule is C/C=C1\OC(=O)c2c1cccc2[N+](=O)[O-]. The summed E-state index contributed by atoms with van der Waals surface area (Å²) in [5.41, 5.74) is 0.307. The van der Waals surface area contributed by atoms with Crippen molar-refractivity contribution in [2.24, 2.45) is 0 Å². The van der Waals surface area contributed by atoms with E-state index in [0.717, 1.165) is 0 Å². The van der Waals surface area contributed by atoms with Gasteiger partial charge in [-0.3, -0.25) is 10.1 Å². The highest BCUT2D eigenvalue weighted by atomic mass is 16.6. The number of carbonyl (C=O) groups is 1. The summed E-state index contributed by atoms with van der Waals surface area (Å²) in [4.78, 5) is 21.5. The van der Waals surface area contributed by atoms with Gasteiger partial charge >= 0.3 is 5.97 Å². The predicted octanol–water partition coefficient (Wildman–Crippen LogP) is 2.13. The first-order valence-corrected chi connectivity index (χ1v) is 4.31. The zero-order valence-electron chi connectivity index (χ0n) is 7.89. The van der Waals surface area contributed by atoms with Crippen molar-refractivity contribution < 1.29 is 14.5 Å². The summed E-state index contributed by atoms with van der Waals surface area (Å²) in [6.45, 7) is 1.70. The Hall–Kier alpha value is -2.17. The van der Waals surface area contributed by atoms with E-state index in [2.05, 4.69) is 0 Å². The molecule has 0 spiro atoms. The van der Waals surface area contributed by atoms with E-state index >= 15 is 0 Å². The quantitative estimate of drug-likeness (QED) is 0.400. The lowest BCUT2D eigenvalue weighted by Crippen LogP contribution is -2.00. The lowest BCUT2D eigenvalue weighted by molar-refractivity contribution is -0.385. The van der Waals surface area contributed by atoms with Gasteiger partial charge in [-0.25, -0.2) is 4.79 Å². The van der Waals surface area contributed by atoms with Crippen LogP contribution in [-0.2, 0) is 4.74 Å². The summed E-state index contributed by atoms with van der Waals surface area (Å²) >= 11 is 0. The van der Waals surface area contributed by atoms with Crippen LogP contribution in [0.2, 0.25) is 0 Å². The Balaban J connectivity index is 2.72. The highest BCUT2D eigenvalue weighted by Crippen LogP contribution is 2.35.